The summed E-state index contributed by atoms with van der Waals surface area (Å²) >= 11 is 0. The van der Waals surface area contributed by atoms with Crippen molar-refractivity contribution in [2.45, 2.75) is 64.3 Å². The minimum atomic E-state index is -0.743. The van der Waals surface area contributed by atoms with Crippen molar-refractivity contribution in [3.8, 4) is 17.6 Å². The first-order valence-corrected chi connectivity index (χ1v) is 13.4. The maximum Gasteiger partial charge on any atom is 0.315 e. The van der Waals surface area contributed by atoms with Gasteiger partial charge in [0, 0.05) is 35.9 Å². The SMILES string of the molecule is CCNC(=O)c1ccc(C#Cc2ccc(C34CC5CC(CC(C5)C3)C4)c(OC(OC)OCC)c2)cc1. The Morgan fingerprint density at radius 2 is 1.58 bits per heavy atom. The van der Waals surface area contributed by atoms with E-state index in [1.54, 1.807) is 7.11 Å². The largest absolute Gasteiger partial charge is 0.441 e. The van der Waals surface area contributed by atoms with Crippen LogP contribution < -0.4 is 10.1 Å². The summed E-state index contributed by atoms with van der Waals surface area (Å²) in [6.45, 7) is 4.23. The topological polar surface area (TPSA) is 56.8 Å². The Morgan fingerprint density at radius 3 is 2.17 bits per heavy atom. The van der Waals surface area contributed by atoms with Crippen LogP contribution in [0.1, 0.15) is 79.4 Å². The molecule has 2 aromatic carbocycles. The summed E-state index contributed by atoms with van der Waals surface area (Å²) in [5.41, 5.74) is 3.87. The van der Waals surface area contributed by atoms with Crippen LogP contribution in [0.2, 0.25) is 0 Å². The Bertz CT molecular complexity index is 1110. The highest BCUT2D eigenvalue weighted by Crippen LogP contribution is 2.62. The van der Waals surface area contributed by atoms with Crippen molar-refractivity contribution in [2.24, 2.45) is 17.8 Å². The van der Waals surface area contributed by atoms with Crippen molar-refractivity contribution in [1.82, 2.24) is 5.32 Å². The van der Waals surface area contributed by atoms with Gasteiger partial charge in [0.05, 0.1) is 6.61 Å². The molecule has 0 aromatic heterocycles. The normalized spacial score (nSPS) is 26.7. The number of ether oxygens (including phenoxy) is 3. The lowest BCUT2D eigenvalue weighted by molar-refractivity contribution is -0.231. The van der Waals surface area contributed by atoms with Gasteiger partial charge in [-0.1, -0.05) is 17.9 Å². The third-order valence-electron chi connectivity index (χ3n) is 8.15. The van der Waals surface area contributed by atoms with E-state index in [2.05, 4.69) is 35.4 Å². The standard InChI is InChI=1S/C31H37NO4/c1-4-32-29(33)26-11-8-21(9-12-26)6-7-22-10-13-27(28(17-22)36-30(34-3)35-5-2)31-18-23-14-24(19-31)16-25(15-23)20-31/h8-13,17,23-25,30H,4-5,14-16,18-20H2,1-3H3,(H,32,33). The van der Waals surface area contributed by atoms with Gasteiger partial charge in [-0.2, -0.15) is 0 Å². The molecule has 1 amide bonds. The number of carbonyl (C=O) groups excluding carboxylic acids is 1. The van der Waals surface area contributed by atoms with Crippen LogP contribution in [0.5, 0.6) is 5.75 Å². The van der Waals surface area contributed by atoms with Crippen LogP contribution >= 0.6 is 0 Å². The van der Waals surface area contributed by atoms with E-state index in [1.807, 2.05) is 38.1 Å². The number of carbonyl (C=O) groups is 1. The summed E-state index contributed by atoms with van der Waals surface area (Å²) < 4.78 is 17.5. The molecular formula is C31H37NO4. The fraction of sp³-hybridized carbons (Fsp3) is 0.516. The fourth-order valence-corrected chi connectivity index (χ4v) is 7.08. The van der Waals surface area contributed by atoms with Gasteiger partial charge in [0.15, 0.2) is 0 Å². The maximum absolute atomic E-state index is 12.0. The van der Waals surface area contributed by atoms with Crippen LogP contribution in [-0.4, -0.2) is 32.6 Å². The molecule has 0 heterocycles. The van der Waals surface area contributed by atoms with Crippen molar-refractivity contribution in [1.29, 1.82) is 0 Å². The average molecular weight is 488 g/mol. The van der Waals surface area contributed by atoms with Gasteiger partial charge >= 0.3 is 6.48 Å². The second-order valence-electron chi connectivity index (χ2n) is 10.7. The Kier molecular flexibility index (Phi) is 7.37. The third-order valence-corrected chi connectivity index (χ3v) is 8.15. The first-order valence-electron chi connectivity index (χ1n) is 13.4. The first-order chi connectivity index (χ1) is 17.5. The number of rotatable bonds is 8. The molecule has 4 aliphatic carbocycles. The minimum absolute atomic E-state index is 0.0685. The number of hydrogen-bond acceptors (Lipinski definition) is 4. The van der Waals surface area contributed by atoms with E-state index in [0.29, 0.717) is 18.7 Å². The van der Waals surface area contributed by atoms with Crippen molar-refractivity contribution in [2.75, 3.05) is 20.3 Å². The summed E-state index contributed by atoms with van der Waals surface area (Å²) in [7, 11) is 1.61. The molecule has 4 fully saturated rings. The van der Waals surface area contributed by atoms with Gasteiger partial charge in [0.1, 0.15) is 5.75 Å². The molecule has 6 rings (SSSR count). The molecule has 0 aliphatic heterocycles. The summed E-state index contributed by atoms with van der Waals surface area (Å²) in [4.78, 5) is 12.0. The number of methoxy groups -OCH3 is 1. The van der Waals surface area contributed by atoms with Crippen molar-refractivity contribution < 1.29 is 19.0 Å². The van der Waals surface area contributed by atoms with Crippen molar-refractivity contribution in [3.05, 3.63) is 64.7 Å². The van der Waals surface area contributed by atoms with E-state index >= 15 is 0 Å². The third kappa shape index (κ3) is 5.16. The van der Waals surface area contributed by atoms with Crippen LogP contribution in [0, 0.1) is 29.6 Å². The second-order valence-corrected chi connectivity index (χ2v) is 10.7. The van der Waals surface area contributed by atoms with Crippen LogP contribution in [0.25, 0.3) is 0 Å². The lowest BCUT2D eigenvalue weighted by Crippen LogP contribution is -2.48. The second kappa shape index (κ2) is 10.7. The van der Waals surface area contributed by atoms with E-state index in [1.165, 1.54) is 44.1 Å². The molecule has 0 spiro atoms. The summed E-state index contributed by atoms with van der Waals surface area (Å²) in [5.74, 6) is 9.81. The Hall–Kier alpha value is -2.81. The molecule has 5 heteroatoms. The molecule has 2 aromatic rings. The van der Waals surface area contributed by atoms with Crippen LogP contribution in [0.3, 0.4) is 0 Å². The number of hydrogen-bond donors (Lipinski definition) is 1. The van der Waals surface area contributed by atoms with Gasteiger partial charge in [0.25, 0.3) is 5.91 Å². The Labute approximate surface area is 214 Å². The van der Waals surface area contributed by atoms with E-state index in [0.717, 1.165) is 34.6 Å². The fourth-order valence-electron chi connectivity index (χ4n) is 7.08. The van der Waals surface area contributed by atoms with E-state index in [9.17, 15) is 4.79 Å². The summed E-state index contributed by atoms with van der Waals surface area (Å²) in [5, 5.41) is 2.82. The predicted octanol–water partition coefficient (Wildman–Crippen LogP) is 5.65. The Morgan fingerprint density at radius 1 is 0.972 bits per heavy atom. The van der Waals surface area contributed by atoms with Crippen molar-refractivity contribution in [3.63, 3.8) is 0 Å². The molecule has 190 valence electrons. The average Bonchev–Trinajstić information content (AvgIpc) is 2.87. The quantitative estimate of drug-likeness (QED) is 0.386. The molecule has 4 bridgehead atoms. The highest BCUT2D eigenvalue weighted by molar-refractivity contribution is 5.94. The lowest BCUT2D eigenvalue weighted by atomic mass is 9.48. The summed E-state index contributed by atoms with van der Waals surface area (Å²) in [6, 6.07) is 13.8. The smallest absolute Gasteiger partial charge is 0.315 e. The molecule has 4 aliphatic rings. The Balaban J connectivity index is 1.43. The van der Waals surface area contributed by atoms with E-state index in [-0.39, 0.29) is 11.3 Å². The zero-order chi connectivity index (χ0) is 25.1. The molecule has 4 saturated carbocycles. The highest BCUT2D eigenvalue weighted by atomic mass is 16.8. The van der Waals surface area contributed by atoms with Gasteiger partial charge in [0.2, 0.25) is 0 Å². The number of nitrogens with one attached hydrogen (secondary N) is 1. The van der Waals surface area contributed by atoms with Gasteiger partial charge < -0.3 is 19.5 Å². The minimum Gasteiger partial charge on any atom is -0.441 e. The molecule has 1 unspecified atom stereocenters. The van der Waals surface area contributed by atoms with Gasteiger partial charge in [-0.05, 0) is 112 Å². The molecule has 5 nitrogen and oxygen atoms in total. The van der Waals surface area contributed by atoms with Gasteiger partial charge in [-0.15, -0.1) is 0 Å². The zero-order valence-corrected chi connectivity index (χ0v) is 21.6. The number of benzene rings is 2. The van der Waals surface area contributed by atoms with Crippen LogP contribution in [0.4, 0.5) is 0 Å². The van der Waals surface area contributed by atoms with E-state index in [4.69, 9.17) is 14.2 Å². The summed E-state index contributed by atoms with van der Waals surface area (Å²) in [6.07, 6.45) is 7.96. The van der Waals surface area contributed by atoms with Gasteiger partial charge in [-0.3, -0.25) is 4.79 Å². The maximum atomic E-state index is 12.0. The predicted molar refractivity (Wildman–Crippen MR) is 140 cm³/mol. The molecule has 1 N–H and O–H groups in total. The number of amides is 1. The highest BCUT2D eigenvalue weighted by Gasteiger charge is 2.52. The molecule has 0 saturated heterocycles. The molecule has 0 radical (unpaired) electrons. The lowest BCUT2D eigenvalue weighted by Gasteiger charge is -2.57. The van der Waals surface area contributed by atoms with Crippen LogP contribution in [0.15, 0.2) is 42.5 Å². The molecule has 36 heavy (non-hydrogen) atoms. The van der Waals surface area contributed by atoms with Crippen molar-refractivity contribution >= 4 is 5.91 Å². The van der Waals surface area contributed by atoms with Gasteiger partial charge in [-0.25, -0.2) is 0 Å². The van der Waals surface area contributed by atoms with Crippen LogP contribution in [-0.2, 0) is 14.9 Å². The first kappa shape index (κ1) is 24.9. The molecular weight excluding hydrogens is 450 g/mol. The zero-order valence-electron chi connectivity index (χ0n) is 21.6. The molecule has 1 atom stereocenters. The monoisotopic (exact) mass is 487 g/mol. The van der Waals surface area contributed by atoms with E-state index < -0.39 is 6.48 Å².